The molecule has 1 unspecified atom stereocenters. The highest BCUT2D eigenvalue weighted by molar-refractivity contribution is 5.90. The SMILES string of the molecule is CC(=O)NC[C@H]1CN(c2ccc(N3CCC4(OCCO4)C(C)C3)cc2)C(=O)O1. The second-order valence-corrected chi connectivity index (χ2v) is 7.68. The van der Waals surface area contributed by atoms with Gasteiger partial charge >= 0.3 is 6.09 Å². The molecule has 3 aliphatic heterocycles. The molecule has 3 aliphatic rings. The molecule has 0 aliphatic carbocycles. The molecule has 1 N–H and O–H groups in total. The first-order valence-electron chi connectivity index (χ1n) is 9.82. The first kappa shape index (κ1) is 19.0. The number of ether oxygens (including phenoxy) is 3. The smallest absolute Gasteiger partial charge is 0.414 e. The van der Waals surface area contributed by atoms with Gasteiger partial charge in [0.05, 0.1) is 26.3 Å². The van der Waals surface area contributed by atoms with Crippen molar-refractivity contribution in [1.29, 1.82) is 0 Å². The molecular formula is C20H27N3O5. The van der Waals surface area contributed by atoms with Crippen molar-refractivity contribution in [2.24, 2.45) is 5.92 Å². The summed E-state index contributed by atoms with van der Waals surface area (Å²) in [5.74, 6) is -0.269. The standard InChI is InChI=1S/C20H27N3O5/c1-14-12-22(8-7-20(14)26-9-10-27-20)16-3-5-17(6-4-16)23-13-18(28-19(23)25)11-21-15(2)24/h3-6,14,18H,7-13H2,1-2H3,(H,21,24)/t14?,18-/m0/s1. The van der Waals surface area contributed by atoms with Crippen molar-refractivity contribution >= 4 is 23.4 Å². The Balaban J connectivity index is 1.38. The summed E-state index contributed by atoms with van der Waals surface area (Å²) in [7, 11) is 0. The fraction of sp³-hybridized carbons (Fsp3) is 0.600. The number of hydrogen-bond donors (Lipinski definition) is 1. The summed E-state index contributed by atoms with van der Waals surface area (Å²) >= 11 is 0. The van der Waals surface area contributed by atoms with Gasteiger partial charge in [0.2, 0.25) is 5.91 Å². The molecule has 152 valence electrons. The molecule has 3 heterocycles. The zero-order chi connectivity index (χ0) is 19.7. The van der Waals surface area contributed by atoms with Crippen molar-refractivity contribution in [3.8, 4) is 0 Å². The van der Waals surface area contributed by atoms with Gasteiger partial charge in [0.1, 0.15) is 6.10 Å². The first-order valence-corrected chi connectivity index (χ1v) is 9.82. The minimum Gasteiger partial charge on any atom is -0.442 e. The summed E-state index contributed by atoms with van der Waals surface area (Å²) in [6.45, 7) is 7.45. The lowest BCUT2D eigenvalue weighted by atomic mass is 9.92. The van der Waals surface area contributed by atoms with Crippen LogP contribution >= 0.6 is 0 Å². The largest absolute Gasteiger partial charge is 0.442 e. The average molecular weight is 389 g/mol. The number of nitrogens with one attached hydrogen (secondary N) is 1. The van der Waals surface area contributed by atoms with Gasteiger partial charge in [-0.2, -0.15) is 0 Å². The molecule has 1 aromatic carbocycles. The van der Waals surface area contributed by atoms with Gasteiger partial charge < -0.3 is 24.4 Å². The van der Waals surface area contributed by atoms with Gasteiger partial charge in [-0.15, -0.1) is 0 Å². The lowest BCUT2D eigenvalue weighted by molar-refractivity contribution is -0.199. The number of carbonyl (C=O) groups excluding carboxylic acids is 2. The second-order valence-electron chi connectivity index (χ2n) is 7.68. The van der Waals surface area contributed by atoms with Crippen LogP contribution in [0.4, 0.5) is 16.2 Å². The molecule has 3 fully saturated rings. The monoisotopic (exact) mass is 389 g/mol. The fourth-order valence-corrected chi connectivity index (χ4v) is 4.17. The van der Waals surface area contributed by atoms with E-state index in [0.29, 0.717) is 26.3 Å². The summed E-state index contributed by atoms with van der Waals surface area (Å²) in [5.41, 5.74) is 1.91. The van der Waals surface area contributed by atoms with E-state index in [1.165, 1.54) is 6.92 Å². The van der Waals surface area contributed by atoms with Gasteiger partial charge in [0.25, 0.3) is 0 Å². The molecule has 0 aromatic heterocycles. The highest BCUT2D eigenvalue weighted by Crippen LogP contribution is 2.37. The average Bonchev–Trinajstić information content (AvgIpc) is 3.30. The number of hydrogen-bond acceptors (Lipinski definition) is 6. The van der Waals surface area contributed by atoms with Crippen molar-refractivity contribution in [3.63, 3.8) is 0 Å². The zero-order valence-corrected chi connectivity index (χ0v) is 16.3. The van der Waals surface area contributed by atoms with Crippen molar-refractivity contribution in [2.75, 3.05) is 49.2 Å². The van der Waals surface area contributed by atoms with Crippen LogP contribution in [0.3, 0.4) is 0 Å². The van der Waals surface area contributed by atoms with E-state index < -0.39 is 5.79 Å². The second kappa shape index (κ2) is 7.60. The summed E-state index contributed by atoms with van der Waals surface area (Å²) < 4.78 is 17.1. The van der Waals surface area contributed by atoms with Gasteiger partial charge in [0, 0.05) is 43.7 Å². The molecule has 4 rings (SSSR count). The number of cyclic esters (lactones) is 1. The maximum absolute atomic E-state index is 12.2. The Morgan fingerprint density at radius 2 is 1.86 bits per heavy atom. The minimum absolute atomic E-state index is 0.134. The zero-order valence-electron chi connectivity index (χ0n) is 16.3. The van der Waals surface area contributed by atoms with E-state index in [1.54, 1.807) is 4.90 Å². The van der Waals surface area contributed by atoms with Gasteiger partial charge in [-0.05, 0) is 24.3 Å². The van der Waals surface area contributed by atoms with E-state index in [1.807, 2.05) is 24.3 Å². The number of piperidine rings is 1. The maximum Gasteiger partial charge on any atom is 0.414 e. The molecule has 0 bridgehead atoms. The number of nitrogens with zero attached hydrogens (tertiary/aromatic N) is 2. The molecule has 2 amide bonds. The Morgan fingerprint density at radius 3 is 2.50 bits per heavy atom. The topological polar surface area (TPSA) is 80.3 Å². The number of anilines is 2. The van der Waals surface area contributed by atoms with E-state index >= 15 is 0 Å². The quantitative estimate of drug-likeness (QED) is 0.845. The predicted molar refractivity (Wildman–Crippen MR) is 103 cm³/mol. The van der Waals surface area contributed by atoms with E-state index in [2.05, 4.69) is 17.1 Å². The van der Waals surface area contributed by atoms with E-state index in [0.717, 1.165) is 30.9 Å². The van der Waals surface area contributed by atoms with Crippen LogP contribution in [0.25, 0.3) is 0 Å². The minimum atomic E-state index is -0.418. The molecule has 1 aromatic rings. The van der Waals surface area contributed by atoms with Gasteiger partial charge in [-0.25, -0.2) is 4.79 Å². The number of amides is 2. The van der Waals surface area contributed by atoms with Gasteiger partial charge in [-0.3, -0.25) is 9.69 Å². The molecular weight excluding hydrogens is 362 g/mol. The summed E-state index contributed by atoms with van der Waals surface area (Å²) in [4.78, 5) is 27.1. The molecule has 8 nitrogen and oxygen atoms in total. The third kappa shape index (κ3) is 3.66. The van der Waals surface area contributed by atoms with Gasteiger partial charge in [-0.1, -0.05) is 6.92 Å². The Morgan fingerprint density at radius 1 is 1.18 bits per heavy atom. The van der Waals surface area contributed by atoms with E-state index in [9.17, 15) is 9.59 Å². The van der Waals surface area contributed by atoms with Crippen LogP contribution in [0.2, 0.25) is 0 Å². The van der Waals surface area contributed by atoms with Crippen molar-refractivity contribution in [2.45, 2.75) is 32.2 Å². The Hall–Kier alpha value is -2.32. The molecule has 8 heteroatoms. The number of rotatable bonds is 4. The van der Waals surface area contributed by atoms with Crippen LogP contribution < -0.4 is 15.1 Å². The summed E-state index contributed by atoms with van der Waals surface area (Å²) in [5, 5.41) is 2.69. The van der Waals surface area contributed by atoms with Crippen LogP contribution in [0.1, 0.15) is 20.3 Å². The third-order valence-corrected chi connectivity index (χ3v) is 5.73. The first-order chi connectivity index (χ1) is 13.5. The lowest BCUT2D eigenvalue weighted by Gasteiger charge is -2.43. The van der Waals surface area contributed by atoms with Crippen LogP contribution in [0.5, 0.6) is 0 Å². The lowest BCUT2D eigenvalue weighted by Crippen LogP contribution is -2.51. The fourth-order valence-electron chi connectivity index (χ4n) is 4.17. The Kier molecular flexibility index (Phi) is 5.16. The van der Waals surface area contributed by atoms with Gasteiger partial charge in [0.15, 0.2) is 5.79 Å². The van der Waals surface area contributed by atoms with Crippen LogP contribution in [0, 0.1) is 5.92 Å². The molecule has 28 heavy (non-hydrogen) atoms. The number of carbonyl (C=O) groups is 2. The van der Waals surface area contributed by atoms with E-state index in [-0.39, 0.29) is 24.0 Å². The third-order valence-electron chi connectivity index (χ3n) is 5.73. The van der Waals surface area contributed by atoms with Crippen molar-refractivity contribution in [1.82, 2.24) is 5.32 Å². The molecule has 2 atom stereocenters. The highest BCUT2D eigenvalue weighted by Gasteiger charge is 2.45. The van der Waals surface area contributed by atoms with E-state index in [4.69, 9.17) is 14.2 Å². The molecule has 0 radical (unpaired) electrons. The maximum atomic E-state index is 12.2. The van der Waals surface area contributed by atoms with Crippen molar-refractivity contribution < 1.29 is 23.8 Å². The van der Waals surface area contributed by atoms with Crippen LogP contribution in [-0.4, -0.2) is 63.3 Å². The Labute approximate surface area is 164 Å². The van der Waals surface area contributed by atoms with Crippen molar-refractivity contribution in [3.05, 3.63) is 24.3 Å². The van der Waals surface area contributed by atoms with Crippen LogP contribution in [-0.2, 0) is 19.0 Å². The molecule has 0 saturated carbocycles. The predicted octanol–water partition coefficient (Wildman–Crippen LogP) is 1.74. The number of benzene rings is 1. The normalized spacial score (nSPS) is 26.6. The molecule has 1 spiro atoms. The molecule has 3 saturated heterocycles. The summed E-state index contributed by atoms with van der Waals surface area (Å²) in [6, 6.07) is 7.94. The Bertz CT molecular complexity index is 732. The van der Waals surface area contributed by atoms with Crippen LogP contribution in [0.15, 0.2) is 24.3 Å². The highest BCUT2D eigenvalue weighted by atomic mass is 16.7. The summed E-state index contributed by atoms with van der Waals surface area (Å²) in [6.07, 6.45) is 0.132.